The molecule has 0 amide bonds. The third-order valence-corrected chi connectivity index (χ3v) is 6.25. The van der Waals surface area contributed by atoms with Crippen molar-refractivity contribution in [3.05, 3.63) is 89.5 Å². The van der Waals surface area contributed by atoms with Crippen molar-refractivity contribution in [3.63, 3.8) is 0 Å². The minimum atomic E-state index is -1.01. The van der Waals surface area contributed by atoms with Gasteiger partial charge in [0.05, 0.1) is 6.54 Å². The maximum atomic E-state index is 10.8. The minimum absolute atomic E-state index is 0. The van der Waals surface area contributed by atoms with Crippen molar-refractivity contribution >= 4 is 17.3 Å². The Kier molecular flexibility index (Phi) is 9.87. The van der Waals surface area contributed by atoms with E-state index in [0.717, 1.165) is 49.5 Å². The first-order chi connectivity index (χ1) is 16.1. The molecule has 1 heterocycles. The number of nitrogens with zero attached hydrogens (tertiary/aromatic N) is 1. The number of fused-ring (bicyclic) bond motifs is 1. The largest absolute Gasteiger partial charge is 1.00 e. The molecular formula is C28H31N2NaO3. The molecule has 0 saturated carbocycles. The Morgan fingerprint density at radius 3 is 2.56 bits per heavy atom. The summed E-state index contributed by atoms with van der Waals surface area (Å²) in [5, 5.41) is 14.4. The van der Waals surface area contributed by atoms with Crippen molar-refractivity contribution in [1.29, 1.82) is 0 Å². The van der Waals surface area contributed by atoms with Crippen LogP contribution in [0.2, 0.25) is 0 Å². The van der Waals surface area contributed by atoms with Gasteiger partial charge >= 0.3 is 29.6 Å². The van der Waals surface area contributed by atoms with Gasteiger partial charge in [0.15, 0.2) is 0 Å². The van der Waals surface area contributed by atoms with Crippen molar-refractivity contribution in [2.75, 3.05) is 29.9 Å². The van der Waals surface area contributed by atoms with Crippen LogP contribution in [0, 0.1) is 0 Å². The molecule has 0 bridgehead atoms. The van der Waals surface area contributed by atoms with Crippen LogP contribution in [0.4, 0.5) is 11.4 Å². The smallest absolute Gasteiger partial charge is 0.550 e. The summed E-state index contributed by atoms with van der Waals surface area (Å²) in [6, 6.07) is 24.5. The second-order valence-corrected chi connectivity index (χ2v) is 8.62. The average Bonchev–Trinajstić information content (AvgIpc) is 2.83. The number of carboxylic acid groups (broad SMARTS) is 1. The number of rotatable bonds is 10. The number of hydrogen-bond donors (Lipinski definition) is 1. The molecule has 0 spiro atoms. The van der Waals surface area contributed by atoms with Crippen LogP contribution in [0.15, 0.2) is 72.8 Å². The molecule has 0 radical (unpaired) electrons. The zero-order chi connectivity index (χ0) is 23.0. The second-order valence-electron chi connectivity index (χ2n) is 8.62. The van der Waals surface area contributed by atoms with Gasteiger partial charge in [-0.05, 0) is 72.2 Å². The Morgan fingerprint density at radius 2 is 1.82 bits per heavy atom. The van der Waals surface area contributed by atoms with E-state index in [1.807, 2.05) is 61.5 Å². The first kappa shape index (κ1) is 26.1. The Hall–Kier alpha value is -2.47. The van der Waals surface area contributed by atoms with E-state index in [-0.39, 0.29) is 41.9 Å². The van der Waals surface area contributed by atoms with Gasteiger partial charge in [0.1, 0.15) is 12.4 Å². The van der Waals surface area contributed by atoms with Crippen LogP contribution in [-0.4, -0.2) is 25.7 Å². The summed E-state index contributed by atoms with van der Waals surface area (Å²) in [4.78, 5) is 13.3. The molecule has 172 valence electrons. The number of carbonyl (C=O) groups is 1. The second kappa shape index (κ2) is 12.8. The molecule has 1 atom stereocenters. The fourth-order valence-electron chi connectivity index (χ4n) is 4.46. The molecule has 34 heavy (non-hydrogen) atoms. The van der Waals surface area contributed by atoms with Crippen LogP contribution in [0.3, 0.4) is 0 Å². The van der Waals surface area contributed by atoms with Gasteiger partial charge in [-0.1, -0.05) is 49.4 Å². The topological polar surface area (TPSA) is 64.6 Å². The quantitative estimate of drug-likeness (QED) is 0.458. The fourth-order valence-corrected chi connectivity index (χ4v) is 4.46. The van der Waals surface area contributed by atoms with Crippen molar-refractivity contribution in [3.8, 4) is 5.75 Å². The molecule has 3 aromatic carbocycles. The Bertz CT molecular complexity index is 1060. The van der Waals surface area contributed by atoms with E-state index in [0.29, 0.717) is 6.61 Å². The van der Waals surface area contributed by atoms with Crippen LogP contribution < -0.4 is 49.6 Å². The van der Waals surface area contributed by atoms with E-state index < -0.39 is 5.97 Å². The molecule has 0 saturated heterocycles. The van der Waals surface area contributed by atoms with E-state index in [2.05, 4.69) is 28.4 Å². The molecule has 1 aliphatic rings. The number of carbonyl (C=O) groups excluding carboxylic acids is 1. The predicted molar refractivity (Wildman–Crippen MR) is 131 cm³/mol. The summed E-state index contributed by atoms with van der Waals surface area (Å²) in [5.74, 6) is -0.158. The van der Waals surface area contributed by atoms with Gasteiger partial charge in [-0.15, -0.1) is 0 Å². The van der Waals surface area contributed by atoms with Gasteiger partial charge in [0.2, 0.25) is 0 Å². The first-order valence-electron chi connectivity index (χ1n) is 11.7. The summed E-state index contributed by atoms with van der Waals surface area (Å²) in [6.45, 7) is 5.24. The number of anilines is 2. The van der Waals surface area contributed by atoms with Gasteiger partial charge in [-0.25, -0.2) is 0 Å². The SMILES string of the molecule is CC(CC(=O)[O-])c1ccc(NCc2cccc3c2CCCN3CCOc2ccccc2)cc1.[Na+]. The number of ether oxygens (including phenoxy) is 1. The van der Waals surface area contributed by atoms with E-state index in [9.17, 15) is 9.90 Å². The van der Waals surface area contributed by atoms with Crippen molar-refractivity contribution < 1.29 is 44.2 Å². The normalized spacial score (nSPS) is 13.4. The Balaban J connectivity index is 0.00000324. The Morgan fingerprint density at radius 1 is 1.06 bits per heavy atom. The zero-order valence-electron chi connectivity index (χ0n) is 20.1. The molecule has 1 unspecified atom stereocenters. The molecule has 4 rings (SSSR count). The summed E-state index contributed by atoms with van der Waals surface area (Å²) in [5.41, 5.74) is 6.07. The maximum Gasteiger partial charge on any atom is 1.00 e. The average molecular weight is 467 g/mol. The first-order valence-corrected chi connectivity index (χ1v) is 11.7. The predicted octanol–water partition coefficient (Wildman–Crippen LogP) is 1.38. The number of carboxylic acids is 1. The standard InChI is InChI=1S/C28H32N2O3.Na/c1-21(19-28(31)32)22-12-14-24(15-13-22)29-20-23-7-5-11-27-26(23)10-6-16-30(27)17-18-33-25-8-3-2-4-9-25;/h2-5,7-9,11-15,21,29H,6,10,16-20H2,1H3,(H,31,32);/q;+1/p-1. The van der Waals surface area contributed by atoms with Gasteiger partial charge in [-0.2, -0.15) is 0 Å². The summed E-state index contributed by atoms with van der Waals surface area (Å²) < 4.78 is 5.92. The van der Waals surface area contributed by atoms with Crippen LogP contribution >= 0.6 is 0 Å². The number of hydrogen-bond acceptors (Lipinski definition) is 5. The molecular weight excluding hydrogens is 435 g/mol. The molecule has 0 aromatic heterocycles. The van der Waals surface area contributed by atoms with E-state index in [1.54, 1.807) is 0 Å². The van der Waals surface area contributed by atoms with Gasteiger partial charge in [0, 0.05) is 30.4 Å². The number of aliphatic carboxylic acids is 1. The van der Waals surface area contributed by atoms with Crippen molar-refractivity contribution in [2.24, 2.45) is 0 Å². The zero-order valence-corrected chi connectivity index (χ0v) is 22.1. The van der Waals surface area contributed by atoms with E-state index >= 15 is 0 Å². The number of nitrogens with one attached hydrogen (secondary N) is 1. The van der Waals surface area contributed by atoms with Crippen molar-refractivity contribution in [1.82, 2.24) is 0 Å². The number of benzene rings is 3. The summed E-state index contributed by atoms with van der Waals surface area (Å²) >= 11 is 0. The molecule has 0 fully saturated rings. The van der Waals surface area contributed by atoms with E-state index in [1.165, 1.54) is 16.8 Å². The molecule has 1 aliphatic heterocycles. The summed E-state index contributed by atoms with van der Waals surface area (Å²) in [6.07, 6.45) is 2.26. The maximum absolute atomic E-state index is 10.8. The van der Waals surface area contributed by atoms with Crippen LogP contribution in [0.1, 0.15) is 42.4 Å². The monoisotopic (exact) mass is 466 g/mol. The Labute approximate surface area is 224 Å². The van der Waals surface area contributed by atoms with Crippen LogP contribution in [-0.2, 0) is 17.8 Å². The van der Waals surface area contributed by atoms with Crippen LogP contribution in [0.25, 0.3) is 0 Å². The minimum Gasteiger partial charge on any atom is -0.550 e. The third-order valence-electron chi connectivity index (χ3n) is 6.25. The van der Waals surface area contributed by atoms with Crippen LogP contribution in [0.5, 0.6) is 5.75 Å². The molecule has 5 nitrogen and oxygen atoms in total. The van der Waals surface area contributed by atoms with Gasteiger partial charge in [0.25, 0.3) is 0 Å². The third kappa shape index (κ3) is 7.02. The molecule has 3 aromatic rings. The fraction of sp³-hybridized carbons (Fsp3) is 0.321. The molecule has 1 N–H and O–H groups in total. The summed E-state index contributed by atoms with van der Waals surface area (Å²) in [7, 11) is 0. The number of para-hydroxylation sites is 1. The van der Waals surface area contributed by atoms with E-state index in [4.69, 9.17) is 4.74 Å². The van der Waals surface area contributed by atoms with Gasteiger partial charge < -0.3 is 24.9 Å². The van der Waals surface area contributed by atoms with Gasteiger partial charge in [-0.3, -0.25) is 0 Å². The molecule has 6 heteroatoms. The van der Waals surface area contributed by atoms with Crippen molar-refractivity contribution in [2.45, 2.75) is 38.6 Å². The molecule has 0 aliphatic carbocycles.